The number of hydrogen-bond acceptors (Lipinski definition) is 2. The number of rotatable bonds is 3. The molecule has 7 aromatic carbocycles. The summed E-state index contributed by atoms with van der Waals surface area (Å²) in [5.41, 5.74) is 15.1. The molecule has 2 aliphatic rings. The molecule has 0 spiro atoms. The average Bonchev–Trinajstić information content (AvgIpc) is 3.49. The molecule has 49 heavy (non-hydrogen) atoms. The van der Waals surface area contributed by atoms with Gasteiger partial charge in [-0.15, -0.1) is 0 Å². The van der Waals surface area contributed by atoms with E-state index in [9.17, 15) is 0 Å². The van der Waals surface area contributed by atoms with E-state index in [-0.39, 0.29) is 11.4 Å². The van der Waals surface area contributed by atoms with Crippen LogP contribution in [0.1, 0.15) is 25.0 Å². The molecule has 0 aliphatic carbocycles. The van der Waals surface area contributed by atoms with E-state index >= 15 is 0 Å². The molecule has 0 radical (unpaired) electrons. The zero-order valence-corrected chi connectivity index (χ0v) is 28.3. The van der Waals surface area contributed by atoms with Crippen molar-refractivity contribution in [2.45, 2.75) is 24.2 Å². The minimum atomic E-state index is -0.201. The highest BCUT2D eigenvalue weighted by molar-refractivity contribution is 8.28. The van der Waals surface area contributed by atoms with Gasteiger partial charge in [0.2, 0.25) is 0 Å². The molecule has 0 saturated heterocycles. The molecule has 0 unspecified atom stereocenters. The maximum absolute atomic E-state index is 2.49. The molecule has 2 nitrogen and oxygen atoms in total. The highest BCUT2D eigenvalue weighted by Crippen LogP contribution is 2.53. The lowest BCUT2D eigenvalue weighted by Crippen LogP contribution is -2.42. The Morgan fingerprint density at radius 1 is 0.510 bits per heavy atom. The zero-order chi connectivity index (χ0) is 32.7. The normalized spacial score (nSPS) is 14.3. The second-order valence-electron chi connectivity index (χ2n) is 13.7. The Hall–Kier alpha value is -5.45. The van der Waals surface area contributed by atoms with Crippen molar-refractivity contribution in [1.29, 1.82) is 0 Å². The molecule has 4 heteroatoms. The van der Waals surface area contributed by atoms with Crippen molar-refractivity contribution in [2.24, 2.45) is 0 Å². The molecule has 0 atom stereocenters. The highest BCUT2D eigenvalue weighted by atomic mass is 32.2. The Kier molecular flexibility index (Phi) is 6.28. The molecule has 1 aromatic heterocycles. The van der Waals surface area contributed by atoms with Crippen molar-refractivity contribution in [3.05, 3.63) is 175 Å². The topological polar surface area (TPSA) is 8.17 Å². The summed E-state index contributed by atoms with van der Waals surface area (Å²) in [7, 11) is 0. The lowest BCUT2D eigenvalue weighted by molar-refractivity contribution is 0.631. The predicted molar refractivity (Wildman–Crippen MR) is 210 cm³/mol. The second-order valence-corrected chi connectivity index (χ2v) is 14.9. The molecule has 3 heterocycles. The largest absolute Gasteiger partial charge is 0.310 e. The first-order valence-electron chi connectivity index (χ1n) is 17.1. The van der Waals surface area contributed by atoms with Gasteiger partial charge in [-0.1, -0.05) is 134 Å². The minimum Gasteiger partial charge on any atom is -0.310 e. The van der Waals surface area contributed by atoms with E-state index in [0.717, 1.165) is 0 Å². The quantitative estimate of drug-likeness (QED) is 0.177. The van der Waals surface area contributed by atoms with Crippen molar-refractivity contribution in [1.82, 2.24) is 4.57 Å². The lowest BCUT2D eigenvalue weighted by Gasteiger charge is -2.42. The third-order valence-electron chi connectivity index (χ3n) is 10.7. The Morgan fingerprint density at radius 2 is 1.14 bits per heavy atom. The van der Waals surface area contributed by atoms with Crippen LogP contribution in [0.15, 0.2) is 169 Å². The molecular weight excluding hydrogens is 611 g/mol. The smallest absolute Gasteiger partial charge is 0.281 e. The van der Waals surface area contributed by atoms with E-state index < -0.39 is 0 Å². The molecule has 10 rings (SSSR count). The first-order chi connectivity index (χ1) is 24.1. The maximum atomic E-state index is 2.49. The third-order valence-corrected chi connectivity index (χ3v) is 12.0. The van der Waals surface area contributed by atoms with Gasteiger partial charge in [-0.05, 0) is 76.9 Å². The molecule has 0 saturated carbocycles. The number of aromatic nitrogens is 1. The number of fused-ring (bicyclic) bond motifs is 8. The zero-order valence-electron chi connectivity index (χ0n) is 27.5. The first kappa shape index (κ1) is 28.6. The molecule has 0 fully saturated rings. The van der Waals surface area contributed by atoms with Crippen molar-refractivity contribution in [2.75, 3.05) is 4.90 Å². The molecule has 0 N–H and O–H groups in total. The number of nitrogens with zero attached hydrogens (tertiary/aromatic N) is 2. The van der Waals surface area contributed by atoms with Gasteiger partial charge in [0.15, 0.2) is 0 Å². The number of benzene rings is 7. The monoisotopic (exact) mass is 644 g/mol. The van der Waals surface area contributed by atoms with Gasteiger partial charge in [-0.2, -0.15) is 11.6 Å². The van der Waals surface area contributed by atoms with E-state index in [0.29, 0.717) is 0 Å². The van der Waals surface area contributed by atoms with Gasteiger partial charge < -0.3 is 9.47 Å². The second kappa shape index (κ2) is 10.8. The number of anilines is 3. The molecule has 232 valence electrons. The van der Waals surface area contributed by atoms with E-state index in [4.69, 9.17) is 0 Å². The Bertz CT molecular complexity index is 2530. The summed E-state index contributed by atoms with van der Waals surface area (Å²) in [6.07, 6.45) is 0. The van der Waals surface area contributed by atoms with Crippen LogP contribution in [0, 0.1) is 0 Å². The van der Waals surface area contributed by atoms with Gasteiger partial charge in [0.1, 0.15) is 0 Å². The van der Waals surface area contributed by atoms with E-state index in [1.165, 1.54) is 82.6 Å². The SMILES string of the molecule is CC1(C)c2ccccc2N(c2ccc3c(c2)-c2ccccc2SB3c2ccccc2)c2ccc(-n3c4ccccc4c4ccccc43)cc21. The fourth-order valence-corrected chi connectivity index (χ4v) is 9.65. The Labute approximate surface area is 291 Å². The van der Waals surface area contributed by atoms with Gasteiger partial charge >= 0.3 is 0 Å². The fraction of sp³-hybridized carbons (Fsp3) is 0.0667. The van der Waals surface area contributed by atoms with Gasteiger partial charge in [0, 0.05) is 32.5 Å². The van der Waals surface area contributed by atoms with Crippen LogP contribution in [0.5, 0.6) is 0 Å². The Balaban J connectivity index is 1.19. The van der Waals surface area contributed by atoms with Gasteiger partial charge in [0.25, 0.3) is 5.99 Å². The summed E-state index contributed by atoms with van der Waals surface area (Å²) in [5, 5.41) is 2.56. The minimum absolute atomic E-state index is 0.201. The summed E-state index contributed by atoms with van der Waals surface area (Å²) < 4.78 is 2.43. The van der Waals surface area contributed by atoms with Crippen molar-refractivity contribution in [3.63, 3.8) is 0 Å². The van der Waals surface area contributed by atoms with Crippen molar-refractivity contribution >= 4 is 67.4 Å². The molecule has 8 aromatic rings. The summed E-state index contributed by atoms with van der Waals surface area (Å²) in [4.78, 5) is 3.82. The van der Waals surface area contributed by atoms with Crippen LogP contribution < -0.4 is 15.8 Å². The highest BCUT2D eigenvalue weighted by Gasteiger charge is 2.38. The molecule has 2 aliphatic heterocycles. The van der Waals surface area contributed by atoms with Crippen LogP contribution in [0.3, 0.4) is 0 Å². The lowest BCUT2D eigenvalue weighted by atomic mass is 9.59. The van der Waals surface area contributed by atoms with Crippen LogP contribution in [-0.2, 0) is 5.41 Å². The van der Waals surface area contributed by atoms with Crippen LogP contribution in [0.4, 0.5) is 17.1 Å². The van der Waals surface area contributed by atoms with Gasteiger partial charge in [-0.3, -0.25) is 0 Å². The average molecular weight is 645 g/mol. The van der Waals surface area contributed by atoms with Crippen molar-refractivity contribution in [3.8, 4) is 16.8 Å². The van der Waals surface area contributed by atoms with Gasteiger partial charge in [-0.25, -0.2) is 0 Å². The summed E-state index contributed by atoms with van der Waals surface area (Å²) >= 11 is 1.96. The van der Waals surface area contributed by atoms with Crippen LogP contribution in [0.2, 0.25) is 0 Å². The summed E-state index contributed by atoms with van der Waals surface area (Å²) in [6.45, 7) is 4.75. The summed E-state index contributed by atoms with van der Waals surface area (Å²) in [5.74, 6) is 0.244. The fourth-order valence-electron chi connectivity index (χ4n) is 8.31. The molecule has 0 amide bonds. The Morgan fingerprint density at radius 3 is 1.94 bits per heavy atom. The van der Waals surface area contributed by atoms with Crippen molar-refractivity contribution < 1.29 is 0 Å². The first-order valence-corrected chi connectivity index (χ1v) is 17.9. The summed E-state index contributed by atoms with van der Waals surface area (Å²) in [6, 6.07) is 60.6. The van der Waals surface area contributed by atoms with Crippen LogP contribution in [-0.4, -0.2) is 10.6 Å². The van der Waals surface area contributed by atoms with Crippen LogP contribution >= 0.6 is 11.6 Å². The number of para-hydroxylation sites is 3. The standard InChI is InChI=1S/C45H33BN2S/c1-45(2)37-19-9-12-22-42(37)48(31-24-26-39-36(28-31)35-18-8-13-23-44(35)49-46(39)30-14-4-3-5-15-30)43-27-25-32(29-38(43)45)47-40-20-10-6-16-33(40)34-17-7-11-21-41(34)47/h3-29H,1-2H3. The maximum Gasteiger partial charge on any atom is 0.281 e. The van der Waals surface area contributed by atoms with Crippen LogP contribution in [0.25, 0.3) is 38.6 Å². The van der Waals surface area contributed by atoms with E-state index in [1.807, 2.05) is 11.6 Å². The molecule has 0 bridgehead atoms. The van der Waals surface area contributed by atoms with E-state index in [1.54, 1.807) is 0 Å². The third kappa shape index (κ3) is 4.24. The molecular formula is C45H33BN2S. The van der Waals surface area contributed by atoms with E-state index in [2.05, 4.69) is 187 Å². The number of hydrogen-bond donors (Lipinski definition) is 0. The predicted octanol–water partition coefficient (Wildman–Crippen LogP) is 10.8. The van der Waals surface area contributed by atoms with Gasteiger partial charge in [0.05, 0.1) is 22.4 Å².